The molecule has 142 valence electrons. The van der Waals surface area contributed by atoms with Crippen LogP contribution in [0.2, 0.25) is 0 Å². The Labute approximate surface area is 162 Å². The number of pyridine rings is 1. The van der Waals surface area contributed by atoms with E-state index in [-0.39, 0.29) is 5.56 Å². The lowest BCUT2D eigenvalue weighted by atomic mass is 9.92. The monoisotopic (exact) mass is 375 g/mol. The van der Waals surface area contributed by atoms with Crippen molar-refractivity contribution in [1.29, 1.82) is 0 Å². The molecule has 0 amide bonds. The Morgan fingerprint density at radius 3 is 2.93 bits per heavy atom. The van der Waals surface area contributed by atoms with Crippen LogP contribution in [0.25, 0.3) is 0 Å². The van der Waals surface area contributed by atoms with Crippen LogP contribution in [0.15, 0.2) is 54.0 Å². The Hall–Kier alpha value is -3.22. The summed E-state index contributed by atoms with van der Waals surface area (Å²) >= 11 is 0. The Bertz CT molecular complexity index is 1080. The first-order valence-electron chi connectivity index (χ1n) is 9.86. The van der Waals surface area contributed by atoms with Gasteiger partial charge in [-0.2, -0.15) is 5.10 Å². The SMILES string of the molecule is O=c1[nH]ccc2c1C(Nc1cccc(Cn3cncn3)c1)=[N+]2C1CCCCC1. The van der Waals surface area contributed by atoms with Crippen LogP contribution >= 0.6 is 0 Å². The molecule has 7 heteroatoms. The second-order valence-electron chi connectivity index (χ2n) is 7.50. The second kappa shape index (κ2) is 7.07. The highest BCUT2D eigenvalue weighted by Crippen LogP contribution is 2.33. The highest BCUT2D eigenvalue weighted by Gasteiger charge is 2.40. The number of aromatic amines is 1. The predicted molar refractivity (Wildman–Crippen MR) is 107 cm³/mol. The van der Waals surface area contributed by atoms with Gasteiger partial charge in [-0.05, 0) is 43.4 Å². The quantitative estimate of drug-likeness (QED) is 0.688. The third kappa shape index (κ3) is 3.02. The van der Waals surface area contributed by atoms with Gasteiger partial charge >= 0.3 is 0 Å². The van der Waals surface area contributed by atoms with Crippen LogP contribution in [-0.4, -0.2) is 36.2 Å². The fourth-order valence-corrected chi connectivity index (χ4v) is 4.31. The van der Waals surface area contributed by atoms with E-state index < -0.39 is 0 Å². The standard InChI is InChI=1S/C21H22N6O/c28-21-19-18(9-10-23-21)27(17-7-2-1-3-8-17)20(19)25-16-6-4-5-15(11-16)12-26-14-22-13-24-26/h4-6,9-11,13-14,17H,1-3,7-8,12H2,(H,23,25,28)/p+1. The first kappa shape index (κ1) is 16.9. The molecule has 7 nitrogen and oxygen atoms in total. The number of nitrogens with zero attached hydrogens (tertiary/aromatic N) is 4. The third-order valence-corrected chi connectivity index (χ3v) is 5.62. The van der Waals surface area contributed by atoms with E-state index in [0.717, 1.165) is 28.3 Å². The summed E-state index contributed by atoms with van der Waals surface area (Å²) in [5, 5.41) is 7.69. The maximum atomic E-state index is 12.4. The van der Waals surface area contributed by atoms with E-state index in [4.69, 9.17) is 0 Å². The van der Waals surface area contributed by atoms with Crippen LogP contribution in [0, 0.1) is 0 Å². The van der Waals surface area contributed by atoms with Gasteiger partial charge in [0.25, 0.3) is 11.4 Å². The Balaban J connectivity index is 1.46. The van der Waals surface area contributed by atoms with Crippen molar-refractivity contribution in [3.63, 3.8) is 0 Å². The zero-order valence-electron chi connectivity index (χ0n) is 15.6. The lowest BCUT2D eigenvalue weighted by Gasteiger charge is -2.30. The molecule has 3 aromatic rings. The summed E-state index contributed by atoms with van der Waals surface area (Å²) in [6.07, 6.45) is 11.1. The van der Waals surface area contributed by atoms with Crippen LogP contribution < -0.4 is 10.9 Å². The number of anilines is 1. The largest absolute Gasteiger partial charge is 0.328 e. The van der Waals surface area contributed by atoms with Crippen molar-refractivity contribution >= 4 is 17.2 Å². The number of amidine groups is 1. The van der Waals surface area contributed by atoms with Crippen molar-refractivity contribution in [3.05, 3.63) is 70.7 Å². The van der Waals surface area contributed by atoms with Crippen molar-refractivity contribution < 1.29 is 4.58 Å². The molecule has 5 rings (SSSR count). The summed E-state index contributed by atoms with van der Waals surface area (Å²) < 4.78 is 4.12. The summed E-state index contributed by atoms with van der Waals surface area (Å²) in [4.78, 5) is 19.2. The summed E-state index contributed by atoms with van der Waals surface area (Å²) in [5.74, 6) is 0.918. The Morgan fingerprint density at radius 1 is 1.21 bits per heavy atom. The molecular formula is C21H23N6O+. The second-order valence-corrected chi connectivity index (χ2v) is 7.50. The molecule has 0 spiro atoms. The molecule has 2 N–H and O–H groups in total. The number of H-pyrrole nitrogens is 1. The van der Waals surface area contributed by atoms with Crippen molar-refractivity contribution in [2.75, 3.05) is 5.32 Å². The zero-order valence-corrected chi connectivity index (χ0v) is 15.6. The zero-order chi connectivity index (χ0) is 18.9. The number of fused-ring (bicyclic) bond motifs is 1. The van der Waals surface area contributed by atoms with E-state index in [0.29, 0.717) is 12.6 Å². The van der Waals surface area contributed by atoms with Crippen LogP contribution in [0.5, 0.6) is 0 Å². The topological polar surface area (TPSA) is 78.6 Å². The first-order valence-corrected chi connectivity index (χ1v) is 9.86. The van der Waals surface area contributed by atoms with Gasteiger partial charge in [0, 0.05) is 12.3 Å². The molecule has 2 aliphatic rings. The molecule has 1 aliphatic carbocycles. The molecule has 2 aromatic heterocycles. The van der Waals surface area contributed by atoms with Gasteiger partial charge in [0.2, 0.25) is 0 Å². The summed E-state index contributed by atoms with van der Waals surface area (Å²) in [5.41, 5.74) is 3.86. The number of aromatic nitrogens is 4. The molecule has 0 unspecified atom stereocenters. The fraction of sp³-hybridized carbons (Fsp3) is 0.333. The van der Waals surface area contributed by atoms with Gasteiger partial charge in [0.15, 0.2) is 5.56 Å². The van der Waals surface area contributed by atoms with E-state index in [1.165, 1.54) is 38.4 Å². The predicted octanol–water partition coefficient (Wildman–Crippen LogP) is 2.86. The van der Waals surface area contributed by atoms with E-state index >= 15 is 0 Å². The third-order valence-electron chi connectivity index (χ3n) is 5.62. The molecule has 1 aromatic carbocycles. The van der Waals surface area contributed by atoms with Gasteiger partial charge in [-0.3, -0.25) is 4.79 Å². The maximum Gasteiger partial charge on any atom is 0.297 e. The molecule has 1 saturated carbocycles. The number of benzene rings is 1. The lowest BCUT2D eigenvalue weighted by Crippen LogP contribution is -2.45. The minimum absolute atomic E-state index is 0.0363. The van der Waals surface area contributed by atoms with Crippen molar-refractivity contribution in [3.8, 4) is 0 Å². The van der Waals surface area contributed by atoms with E-state index in [2.05, 4.69) is 37.1 Å². The number of hydrogen-bond acceptors (Lipinski definition) is 4. The van der Waals surface area contributed by atoms with Gasteiger partial charge in [-0.1, -0.05) is 18.6 Å². The fourth-order valence-electron chi connectivity index (χ4n) is 4.31. The summed E-state index contributed by atoms with van der Waals surface area (Å²) in [6, 6.07) is 10.7. The van der Waals surface area contributed by atoms with Crippen LogP contribution in [0.3, 0.4) is 0 Å². The molecular weight excluding hydrogens is 352 g/mol. The molecule has 0 bridgehead atoms. The molecule has 0 saturated heterocycles. The van der Waals surface area contributed by atoms with Crippen LogP contribution in [0.1, 0.15) is 43.2 Å². The molecule has 1 fully saturated rings. The van der Waals surface area contributed by atoms with Crippen molar-refractivity contribution in [2.24, 2.45) is 0 Å². The Morgan fingerprint density at radius 2 is 2.11 bits per heavy atom. The maximum absolute atomic E-state index is 12.4. The molecule has 28 heavy (non-hydrogen) atoms. The molecule has 1 aliphatic heterocycles. The van der Waals surface area contributed by atoms with Gasteiger partial charge in [0.1, 0.15) is 30.1 Å². The smallest absolute Gasteiger partial charge is 0.297 e. The van der Waals surface area contributed by atoms with E-state index in [1.54, 1.807) is 17.2 Å². The number of hydrogen-bond donors (Lipinski definition) is 2. The lowest BCUT2D eigenvalue weighted by molar-refractivity contribution is -0.500. The van der Waals surface area contributed by atoms with E-state index in [9.17, 15) is 4.79 Å². The first-order chi connectivity index (χ1) is 13.8. The van der Waals surface area contributed by atoms with Gasteiger partial charge in [0.05, 0.1) is 6.54 Å². The number of nitrogens with one attached hydrogen (secondary N) is 2. The molecule has 3 heterocycles. The Kier molecular flexibility index (Phi) is 4.27. The average molecular weight is 375 g/mol. The van der Waals surface area contributed by atoms with E-state index in [1.807, 2.05) is 18.2 Å². The van der Waals surface area contributed by atoms with Gasteiger partial charge in [-0.25, -0.2) is 19.6 Å². The highest BCUT2D eigenvalue weighted by atomic mass is 16.1. The minimum atomic E-state index is -0.0363. The van der Waals surface area contributed by atoms with Crippen LogP contribution in [0.4, 0.5) is 11.4 Å². The molecule has 0 atom stereocenters. The van der Waals surface area contributed by atoms with Crippen molar-refractivity contribution in [2.45, 2.75) is 44.7 Å². The summed E-state index contributed by atoms with van der Waals surface area (Å²) in [6.45, 7) is 0.661. The highest BCUT2D eigenvalue weighted by molar-refractivity contribution is 6.11. The number of rotatable bonds is 4. The van der Waals surface area contributed by atoms with Crippen molar-refractivity contribution in [1.82, 2.24) is 19.7 Å². The minimum Gasteiger partial charge on any atom is -0.328 e. The molecule has 0 radical (unpaired) electrons. The summed E-state index contributed by atoms with van der Waals surface area (Å²) in [7, 11) is 0. The van der Waals surface area contributed by atoms with Gasteiger partial charge < -0.3 is 4.98 Å². The average Bonchev–Trinajstić information content (AvgIpc) is 3.21. The van der Waals surface area contributed by atoms with Crippen LogP contribution in [-0.2, 0) is 6.54 Å². The normalized spacial score (nSPS) is 16.6. The van der Waals surface area contributed by atoms with Gasteiger partial charge in [-0.15, -0.1) is 0 Å².